The molecule has 1 rings (SSSR count). The zero-order valence-electron chi connectivity index (χ0n) is 10.5. The van der Waals surface area contributed by atoms with Crippen LogP contribution in [0.25, 0.3) is 0 Å². The van der Waals surface area contributed by atoms with E-state index in [-0.39, 0.29) is 0 Å². The van der Waals surface area contributed by atoms with Crippen LogP contribution in [0.1, 0.15) is 69.2 Å². The van der Waals surface area contributed by atoms with Crippen LogP contribution in [-0.2, 0) is 0 Å². The summed E-state index contributed by atoms with van der Waals surface area (Å²) in [5.41, 5.74) is 1.04. The van der Waals surface area contributed by atoms with Gasteiger partial charge >= 0.3 is 0 Å². The van der Waals surface area contributed by atoms with E-state index >= 15 is 0 Å². The molecular weight excluding hydrogens is 186 g/mol. The molecule has 2 nitrogen and oxygen atoms in total. The number of aromatic nitrogens is 1. The fourth-order valence-corrected chi connectivity index (χ4v) is 1.86. The molecule has 0 radical (unpaired) electrons. The van der Waals surface area contributed by atoms with E-state index in [1.807, 2.05) is 13.8 Å². The van der Waals surface area contributed by atoms with Crippen molar-refractivity contribution in [3.05, 3.63) is 17.3 Å². The SMILES string of the molecule is CCCCC(CCC)c1nc(C)c(C)o1. The minimum absolute atomic E-state index is 0.530. The van der Waals surface area contributed by atoms with E-state index in [0.717, 1.165) is 17.3 Å². The molecule has 0 aliphatic heterocycles. The zero-order valence-corrected chi connectivity index (χ0v) is 10.5. The Balaban J connectivity index is 2.69. The molecule has 0 spiro atoms. The molecule has 1 unspecified atom stereocenters. The first kappa shape index (κ1) is 12.3. The lowest BCUT2D eigenvalue weighted by molar-refractivity contribution is 0.394. The maximum absolute atomic E-state index is 5.71. The molecular formula is C13H23NO. The number of hydrogen-bond donors (Lipinski definition) is 0. The Bertz CT molecular complexity index is 271. The highest BCUT2D eigenvalue weighted by atomic mass is 16.4. The Labute approximate surface area is 93.1 Å². The Morgan fingerprint density at radius 2 is 1.87 bits per heavy atom. The van der Waals surface area contributed by atoms with Crippen molar-refractivity contribution in [3.63, 3.8) is 0 Å². The van der Waals surface area contributed by atoms with Gasteiger partial charge in [0.15, 0.2) is 5.89 Å². The Morgan fingerprint density at radius 3 is 2.33 bits per heavy atom. The van der Waals surface area contributed by atoms with Gasteiger partial charge in [0.05, 0.1) is 5.69 Å². The van der Waals surface area contributed by atoms with Crippen molar-refractivity contribution >= 4 is 0 Å². The van der Waals surface area contributed by atoms with E-state index in [2.05, 4.69) is 18.8 Å². The summed E-state index contributed by atoms with van der Waals surface area (Å²) in [7, 11) is 0. The predicted octanol–water partition coefficient (Wildman–Crippen LogP) is 4.37. The molecule has 0 fully saturated rings. The number of oxazole rings is 1. The molecule has 15 heavy (non-hydrogen) atoms. The lowest BCUT2D eigenvalue weighted by Gasteiger charge is -2.11. The van der Waals surface area contributed by atoms with Crippen molar-refractivity contribution < 1.29 is 4.42 Å². The number of unbranched alkanes of at least 4 members (excludes halogenated alkanes) is 1. The van der Waals surface area contributed by atoms with Crippen LogP contribution in [0.15, 0.2) is 4.42 Å². The van der Waals surface area contributed by atoms with Crippen LogP contribution < -0.4 is 0 Å². The fourth-order valence-electron chi connectivity index (χ4n) is 1.86. The second kappa shape index (κ2) is 5.94. The van der Waals surface area contributed by atoms with Gasteiger partial charge in [-0.05, 0) is 26.7 Å². The van der Waals surface area contributed by atoms with Crippen LogP contribution in [0, 0.1) is 13.8 Å². The van der Waals surface area contributed by atoms with Gasteiger partial charge in [-0.15, -0.1) is 0 Å². The van der Waals surface area contributed by atoms with Crippen LogP contribution in [0.2, 0.25) is 0 Å². The molecule has 0 saturated carbocycles. The van der Waals surface area contributed by atoms with Gasteiger partial charge in [-0.3, -0.25) is 0 Å². The maximum Gasteiger partial charge on any atom is 0.197 e. The first-order chi connectivity index (χ1) is 7.19. The molecule has 2 heteroatoms. The third-order valence-corrected chi connectivity index (χ3v) is 2.94. The summed E-state index contributed by atoms with van der Waals surface area (Å²) in [5, 5.41) is 0. The highest BCUT2D eigenvalue weighted by molar-refractivity contribution is 5.07. The monoisotopic (exact) mass is 209 g/mol. The first-order valence-electron chi connectivity index (χ1n) is 6.12. The van der Waals surface area contributed by atoms with E-state index < -0.39 is 0 Å². The van der Waals surface area contributed by atoms with Gasteiger partial charge in [0.2, 0.25) is 0 Å². The quantitative estimate of drug-likeness (QED) is 0.695. The van der Waals surface area contributed by atoms with Gasteiger partial charge in [0, 0.05) is 5.92 Å². The summed E-state index contributed by atoms with van der Waals surface area (Å²) in [6.45, 7) is 8.47. The summed E-state index contributed by atoms with van der Waals surface area (Å²) in [6, 6.07) is 0. The average Bonchev–Trinajstić information content (AvgIpc) is 2.54. The van der Waals surface area contributed by atoms with Gasteiger partial charge < -0.3 is 4.42 Å². The molecule has 0 aliphatic carbocycles. The van der Waals surface area contributed by atoms with Crippen molar-refractivity contribution in [2.45, 2.75) is 65.7 Å². The van der Waals surface area contributed by atoms with Gasteiger partial charge in [0.1, 0.15) is 5.76 Å². The van der Waals surface area contributed by atoms with Gasteiger partial charge in [-0.1, -0.05) is 33.1 Å². The van der Waals surface area contributed by atoms with Gasteiger partial charge in [0.25, 0.3) is 0 Å². The number of hydrogen-bond acceptors (Lipinski definition) is 2. The summed E-state index contributed by atoms with van der Waals surface area (Å²) >= 11 is 0. The minimum atomic E-state index is 0.530. The Hall–Kier alpha value is -0.790. The van der Waals surface area contributed by atoms with Crippen LogP contribution in [-0.4, -0.2) is 4.98 Å². The summed E-state index contributed by atoms with van der Waals surface area (Å²) < 4.78 is 5.71. The van der Waals surface area contributed by atoms with Crippen LogP contribution in [0.4, 0.5) is 0 Å². The summed E-state index contributed by atoms with van der Waals surface area (Å²) in [4.78, 5) is 4.52. The minimum Gasteiger partial charge on any atom is -0.445 e. The first-order valence-corrected chi connectivity index (χ1v) is 6.12. The highest BCUT2D eigenvalue weighted by Gasteiger charge is 2.16. The number of nitrogens with zero attached hydrogens (tertiary/aromatic N) is 1. The third kappa shape index (κ3) is 3.37. The van der Waals surface area contributed by atoms with Crippen LogP contribution in [0.5, 0.6) is 0 Å². The fraction of sp³-hybridized carbons (Fsp3) is 0.769. The molecule has 0 N–H and O–H groups in total. The van der Waals surface area contributed by atoms with Gasteiger partial charge in [-0.25, -0.2) is 4.98 Å². The van der Waals surface area contributed by atoms with E-state index in [1.165, 1.54) is 32.1 Å². The molecule has 1 heterocycles. The molecule has 0 saturated heterocycles. The number of aryl methyl sites for hydroxylation is 2. The lowest BCUT2D eigenvalue weighted by Crippen LogP contribution is -1.99. The summed E-state index contributed by atoms with van der Waals surface area (Å²) in [5.74, 6) is 2.46. The zero-order chi connectivity index (χ0) is 11.3. The van der Waals surface area contributed by atoms with Crippen molar-refractivity contribution in [1.29, 1.82) is 0 Å². The van der Waals surface area contributed by atoms with Crippen molar-refractivity contribution in [3.8, 4) is 0 Å². The number of rotatable bonds is 6. The molecule has 1 aromatic rings. The standard InChI is InChI=1S/C13H23NO/c1-5-7-9-12(8-6-2)13-14-10(3)11(4)15-13/h12H,5-9H2,1-4H3. The van der Waals surface area contributed by atoms with Crippen LogP contribution >= 0.6 is 0 Å². The largest absolute Gasteiger partial charge is 0.445 e. The molecule has 0 amide bonds. The average molecular weight is 209 g/mol. The molecule has 0 bridgehead atoms. The van der Waals surface area contributed by atoms with E-state index in [9.17, 15) is 0 Å². The Kier molecular flexibility index (Phi) is 4.86. The second-order valence-electron chi connectivity index (χ2n) is 4.32. The normalized spacial score (nSPS) is 13.1. The molecule has 1 atom stereocenters. The van der Waals surface area contributed by atoms with Crippen molar-refractivity contribution in [1.82, 2.24) is 4.98 Å². The Morgan fingerprint density at radius 1 is 1.13 bits per heavy atom. The smallest absolute Gasteiger partial charge is 0.197 e. The van der Waals surface area contributed by atoms with Gasteiger partial charge in [-0.2, -0.15) is 0 Å². The highest BCUT2D eigenvalue weighted by Crippen LogP contribution is 2.27. The topological polar surface area (TPSA) is 26.0 Å². The molecule has 1 aromatic heterocycles. The maximum atomic E-state index is 5.71. The molecule has 0 aromatic carbocycles. The van der Waals surface area contributed by atoms with Crippen molar-refractivity contribution in [2.75, 3.05) is 0 Å². The van der Waals surface area contributed by atoms with E-state index in [0.29, 0.717) is 5.92 Å². The molecule has 86 valence electrons. The third-order valence-electron chi connectivity index (χ3n) is 2.94. The van der Waals surface area contributed by atoms with Crippen molar-refractivity contribution in [2.24, 2.45) is 0 Å². The predicted molar refractivity (Wildman–Crippen MR) is 63.2 cm³/mol. The summed E-state index contributed by atoms with van der Waals surface area (Å²) in [6.07, 6.45) is 6.13. The lowest BCUT2D eigenvalue weighted by atomic mass is 9.97. The van der Waals surface area contributed by atoms with E-state index in [1.54, 1.807) is 0 Å². The van der Waals surface area contributed by atoms with Crippen LogP contribution in [0.3, 0.4) is 0 Å². The molecule has 0 aliphatic rings. The second-order valence-corrected chi connectivity index (χ2v) is 4.32. The van der Waals surface area contributed by atoms with E-state index in [4.69, 9.17) is 4.42 Å².